The van der Waals surface area contributed by atoms with Crippen molar-refractivity contribution >= 4 is 23.0 Å². The van der Waals surface area contributed by atoms with Gasteiger partial charge in [-0.3, -0.25) is 5.41 Å². The highest BCUT2D eigenvalue weighted by atomic mass is 35.5. The number of halogens is 3. The maximum atomic E-state index is 13.6. The van der Waals surface area contributed by atoms with Gasteiger partial charge in [-0.1, -0.05) is 35.9 Å². The van der Waals surface area contributed by atoms with Crippen molar-refractivity contribution in [2.45, 2.75) is 25.3 Å². The average molecular weight is 315 g/mol. The van der Waals surface area contributed by atoms with Crippen molar-refractivity contribution < 1.29 is 13.9 Å². The van der Waals surface area contributed by atoms with E-state index >= 15 is 0 Å². The molecule has 1 aromatic rings. The fourth-order valence-corrected chi connectivity index (χ4v) is 2.85. The molecule has 2 N–H and O–H groups in total. The molecule has 2 rings (SSSR count). The first kappa shape index (κ1) is 15.9. The maximum absolute atomic E-state index is 13.6. The van der Waals surface area contributed by atoms with Crippen molar-refractivity contribution in [2.75, 3.05) is 13.2 Å². The van der Waals surface area contributed by atoms with Gasteiger partial charge in [0.2, 0.25) is 0 Å². The lowest BCUT2D eigenvalue weighted by Crippen LogP contribution is -2.39. The van der Waals surface area contributed by atoms with Gasteiger partial charge >= 0.3 is 0 Å². The summed E-state index contributed by atoms with van der Waals surface area (Å²) in [6, 6.07) is 4.31. The van der Waals surface area contributed by atoms with Crippen molar-refractivity contribution in [2.24, 2.45) is 0 Å². The van der Waals surface area contributed by atoms with E-state index in [1.807, 2.05) is 0 Å². The summed E-state index contributed by atoms with van der Waals surface area (Å²) in [7, 11) is 0. The number of nitrogens with one attached hydrogen (secondary N) is 1. The minimum absolute atomic E-state index is 0.102. The van der Waals surface area contributed by atoms with Gasteiger partial charge in [-0.2, -0.15) is 0 Å². The number of benzene rings is 1. The largest absolute Gasteiger partial charge is 0.394 e. The number of hydrogen-bond acceptors (Lipinski definition) is 2. The zero-order chi connectivity index (χ0) is 15.8. The Morgan fingerprint density at radius 3 is 2.81 bits per heavy atom. The molecule has 0 radical (unpaired) electrons. The summed E-state index contributed by atoms with van der Waals surface area (Å²) < 4.78 is 27.1. The molecular weight excluding hydrogens is 298 g/mol. The Hall–Kier alpha value is -1.46. The molecular formula is C15H17ClF2N2O. The minimum Gasteiger partial charge on any atom is -0.394 e. The Bertz CT molecular complexity index is 589. The highest BCUT2D eigenvalue weighted by Gasteiger charge is 2.46. The van der Waals surface area contributed by atoms with E-state index in [0.29, 0.717) is 21.7 Å². The molecule has 0 spiro atoms. The summed E-state index contributed by atoms with van der Waals surface area (Å²) in [6.45, 7) is 4.59. The topological polar surface area (TPSA) is 47.3 Å². The number of aliphatic hydroxyl groups excluding tert-OH is 1. The average Bonchev–Trinajstić information content (AvgIpc) is 2.73. The predicted molar refractivity (Wildman–Crippen MR) is 80.1 cm³/mol. The zero-order valence-electron chi connectivity index (χ0n) is 11.7. The first-order valence-corrected chi connectivity index (χ1v) is 6.93. The molecule has 21 heavy (non-hydrogen) atoms. The standard InChI is InChI=1S/C15H17ClF2N2O/c1-9(2)11-4-3-5-12(16)13(11)14(19)20-8-15(17,18)6-10(20)7-21/h3-5,10,19,21H,1,6-8H2,2H3. The van der Waals surface area contributed by atoms with Crippen LogP contribution in [-0.4, -0.2) is 41.0 Å². The van der Waals surface area contributed by atoms with E-state index in [1.165, 1.54) is 4.90 Å². The van der Waals surface area contributed by atoms with Gasteiger partial charge in [0.25, 0.3) is 5.92 Å². The maximum Gasteiger partial charge on any atom is 0.267 e. The van der Waals surface area contributed by atoms with Crippen molar-refractivity contribution in [1.29, 1.82) is 5.41 Å². The number of rotatable bonds is 3. The molecule has 0 amide bonds. The highest BCUT2D eigenvalue weighted by Crippen LogP contribution is 2.35. The number of hydrogen-bond donors (Lipinski definition) is 2. The fraction of sp³-hybridized carbons (Fsp3) is 0.400. The van der Waals surface area contributed by atoms with Gasteiger partial charge in [-0.05, 0) is 18.6 Å². The van der Waals surface area contributed by atoms with Crippen molar-refractivity contribution in [3.8, 4) is 0 Å². The minimum atomic E-state index is -2.91. The van der Waals surface area contributed by atoms with Crippen LogP contribution in [-0.2, 0) is 0 Å². The third-order valence-electron chi connectivity index (χ3n) is 3.58. The molecule has 1 aliphatic rings. The Kier molecular flexibility index (Phi) is 4.35. The number of aliphatic hydroxyl groups is 1. The molecule has 1 atom stereocenters. The number of amidine groups is 1. The van der Waals surface area contributed by atoms with E-state index in [1.54, 1.807) is 25.1 Å². The van der Waals surface area contributed by atoms with Crippen molar-refractivity contribution in [3.63, 3.8) is 0 Å². The summed E-state index contributed by atoms with van der Waals surface area (Å²) in [5.74, 6) is -3.01. The predicted octanol–water partition coefficient (Wildman–Crippen LogP) is 3.40. The van der Waals surface area contributed by atoms with Gasteiger partial charge in [-0.15, -0.1) is 0 Å². The highest BCUT2D eigenvalue weighted by molar-refractivity contribution is 6.34. The Morgan fingerprint density at radius 2 is 2.24 bits per heavy atom. The third-order valence-corrected chi connectivity index (χ3v) is 3.90. The molecule has 0 aromatic heterocycles. The van der Waals surface area contributed by atoms with Crippen LogP contribution in [0.5, 0.6) is 0 Å². The molecule has 1 fully saturated rings. The van der Waals surface area contributed by atoms with Crippen molar-refractivity contribution in [3.05, 3.63) is 40.9 Å². The first-order chi connectivity index (χ1) is 9.76. The molecule has 0 saturated carbocycles. The second-order valence-electron chi connectivity index (χ2n) is 5.32. The van der Waals surface area contributed by atoms with Crippen LogP contribution in [0, 0.1) is 5.41 Å². The van der Waals surface area contributed by atoms with Crippen LogP contribution in [0.2, 0.25) is 5.02 Å². The van der Waals surface area contributed by atoms with Crippen LogP contribution in [0.4, 0.5) is 8.78 Å². The van der Waals surface area contributed by atoms with E-state index in [9.17, 15) is 13.9 Å². The SMILES string of the molecule is C=C(C)c1cccc(Cl)c1C(=N)N1CC(F)(F)CC1CO. The molecule has 114 valence electrons. The molecule has 0 bridgehead atoms. The van der Waals surface area contributed by atoms with E-state index in [0.717, 1.165) is 0 Å². The molecule has 1 saturated heterocycles. The van der Waals surface area contributed by atoms with Crippen LogP contribution in [0.15, 0.2) is 24.8 Å². The number of alkyl halides is 2. The Balaban J connectivity index is 2.43. The lowest BCUT2D eigenvalue weighted by atomic mass is 10.00. The van der Waals surface area contributed by atoms with E-state index in [-0.39, 0.29) is 5.84 Å². The van der Waals surface area contributed by atoms with Crippen LogP contribution in [0.3, 0.4) is 0 Å². The molecule has 1 unspecified atom stereocenters. The lowest BCUT2D eigenvalue weighted by Gasteiger charge is -2.27. The number of allylic oxidation sites excluding steroid dienone is 1. The van der Waals surface area contributed by atoms with Crippen LogP contribution < -0.4 is 0 Å². The molecule has 1 heterocycles. The van der Waals surface area contributed by atoms with Gasteiger partial charge in [0, 0.05) is 12.0 Å². The normalized spacial score (nSPS) is 20.6. The number of nitrogens with zero attached hydrogens (tertiary/aromatic N) is 1. The second-order valence-corrected chi connectivity index (χ2v) is 5.72. The third kappa shape index (κ3) is 3.09. The van der Waals surface area contributed by atoms with Gasteiger partial charge in [-0.25, -0.2) is 8.78 Å². The van der Waals surface area contributed by atoms with E-state index < -0.39 is 31.5 Å². The zero-order valence-corrected chi connectivity index (χ0v) is 12.4. The smallest absolute Gasteiger partial charge is 0.267 e. The monoisotopic (exact) mass is 314 g/mol. The van der Waals surface area contributed by atoms with Crippen LogP contribution in [0.1, 0.15) is 24.5 Å². The van der Waals surface area contributed by atoms with Gasteiger partial charge in [0.1, 0.15) is 5.84 Å². The van der Waals surface area contributed by atoms with Crippen LogP contribution in [0.25, 0.3) is 5.57 Å². The lowest BCUT2D eigenvalue weighted by molar-refractivity contribution is 0.0156. The molecule has 6 heteroatoms. The fourth-order valence-electron chi connectivity index (χ4n) is 2.59. The molecule has 1 aromatic carbocycles. The molecule has 3 nitrogen and oxygen atoms in total. The van der Waals surface area contributed by atoms with Gasteiger partial charge < -0.3 is 10.0 Å². The van der Waals surface area contributed by atoms with Crippen LogP contribution >= 0.6 is 11.6 Å². The second kappa shape index (κ2) is 5.73. The van der Waals surface area contributed by atoms with Crippen molar-refractivity contribution in [1.82, 2.24) is 4.90 Å². The number of likely N-dealkylation sites (tertiary alicyclic amines) is 1. The van der Waals surface area contributed by atoms with Gasteiger partial charge in [0.15, 0.2) is 0 Å². The van der Waals surface area contributed by atoms with E-state index in [4.69, 9.17) is 17.0 Å². The first-order valence-electron chi connectivity index (χ1n) is 6.55. The summed E-state index contributed by atoms with van der Waals surface area (Å²) in [4.78, 5) is 1.22. The molecule has 1 aliphatic heterocycles. The Morgan fingerprint density at radius 1 is 1.57 bits per heavy atom. The quantitative estimate of drug-likeness (QED) is 0.663. The molecule has 0 aliphatic carbocycles. The summed E-state index contributed by atoms with van der Waals surface area (Å²) in [6.07, 6.45) is -0.460. The summed E-state index contributed by atoms with van der Waals surface area (Å²) in [5.41, 5.74) is 1.73. The Labute approximate surface area is 127 Å². The van der Waals surface area contributed by atoms with Gasteiger partial charge in [0.05, 0.1) is 24.2 Å². The van der Waals surface area contributed by atoms with E-state index in [2.05, 4.69) is 6.58 Å². The summed E-state index contributed by atoms with van der Waals surface area (Å²) in [5, 5.41) is 17.9. The summed E-state index contributed by atoms with van der Waals surface area (Å²) >= 11 is 6.15.